The Morgan fingerprint density at radius 1 is 1.50 bits per heavy atom. The molecule has 0 atom stereocenters. The van der Waals surface area contributed by atoms with Gasteiger partial charge in [0, 0.05) is 6.20 Å². The molecule has 14 heavy (non-hydrogen) atoms. The SMILES string of the molecule is CSc1ccnc(-n2cc(N)cn2)n1. The molecule has 0 aliphatic carbocycles. The molecule has 72 valence electrons. The fraction of sp³-hybridized carbons (Fsp3) is 0.125. The maximum atomic E-state index is 5.54. The van der Waals surface area contributed by atoms with Gasteiger partial charge in [0.15, 0.2) is 0 Å². The Balaban J connectivity index is 2.41. The second-order valence-electron chi connectivity index (χ2n) is 2.62. The molecule has 6 heteroatoms. The van der Waals surface area contributed by atoms with E-state index in [1.165, 1.54) is 0 Å². The predicted molar refractivity (Wildman–Crippen MR) is 55.3 cm³/mol. The molecule has 0 spiro atoms. The summed E-state index contributed by atoms with van der Waals surface area (Å²) in [5.74, 6) is 0.536. The standard InChI is InChI=1S/C8H9N5S/c1-14-7-2-3-10-8(12-7)13-5-6(9)4-11-13/h2-5H,9H2,1H3. The van der Waals surface area contributed by atoms with Crippen LogP contribution < -0.4 is 5.73 Å². The van der Waals surface area contributed by atoms with Crippen molar-refractivity contribution in [2.75, 3.05) is 12.0 Å². The molecule has 2 aromatic heterocycles. The Bertz CT molecular complexity index is 439. The van der Waals surface area contributed by atoms with Gasteiger partial charge in [-0.1, -0.05) is 0 Å². The number of nitrogens with two attached hydrogens (primary N) is 1. The molecule has 0 amide bonds. The second kappa shape index (κ2) is 3.67. The normalized spacial score (nSPS) is 10.4. The third kappa shape index (κ3) is 1.69. The molecule has 0 fully saturated rings. The average Bonchev–Trinajstić information content (AvgIpc) is 2.65. The zero-order valence-corrected chi connectivity index (χ0v) is 8.40. The Labute approximate surface area is 85.4 Å². The van der Waals surface area contributed by atoms with Crippen molar-refractivity contribution in [1.29, 1.82) is 0 Å². The van der Waals surface area contributed by atoms with Gasteiger partial charge in [-0.15, -0.1) is 11.8 Å². The van der Waals surface area contributed by atoms with E-state index in [4.69, 9.17) is 5.73 Å². The van der Waals surface area contributed by atoms with Crippen LogP contribution in [0.3, 0.4) is 0 Å². The van der Waals surface area contributed by atoms with E-state index in [-0.39, 0.29) is 0 Å². The van der Waals surface area contributed by atoms with Gasteiger partial charge in [0.25, 0.3) is 5.95 Å². The highest BCUT2D eigenvalue weighted by Crippen LogP contribution is 2.11. The zero-order valence-electron chi connectivity index (χ0n) is 7.58. The lowest BCUT2D eigenvalue weighted by Crippen LogP contribution is -2.01. The summed E-state index contributed by atoms with van der Waals surface area (Å²) >= 11 is 1.56. The smallest absolute Gasteiger partial charge is 0.251 e. The van der Waals surface area contributed by atoms with Crippen molar-refractivity contribution >= 4 is 17.4 Å². The van der Waals surface area contributed by atoms with E-state index in [1.54, 1.807) is 35.0 Å². The van der Waals surface area contributed by atoms with Crippen molar-refractivity contribution in [3.8, 4) is 5.95 Å². The van der Waals surface area contributed by atoms with E-state index in [0.717, 1.165) is 5.03 Å². The van der Waals surface area contributed by atoms with Crippen LogP contribution in [0.4, 0.5) is 5.69 Å². The first-order chi connectivity index (χ1) is 6.79. The minimum atomic E-state index is 0.536. The first-order valence-electron chi connectivity index (χ1n) is 3.97. The molecule has 2 aromatic rings. The lowest BCUT2D eigenvalue weighted by atomic mass is 10.6. The van der Waals surface area contributed by atoms with Crippen molar-refractivity contribution in [3.63, 3.8) is 0 Å². The fourth-order valence-electron chi connectivity index (χ4n) is 1.00. The van der Waals surface area contributed by atoms with Gasteiger partial charge in [-0.05, 0) is 12.3 Å². The van der Waals surface area contributed by atoms with E-state index in [2.05, 4.69) is 15.1 Å². The van der Waals surface area contributed by atoms with Crippen molar-refractivity contribution in [1.82, 2.24) is 19.7 Å². The average molecular weight is 207 g/mol. The summed E-state index contributed by atoms with van der Waals surface area (Å²) < 4.78 is 1.55. The molecule has 0 radical (unpaired) electrons. The Morgan fingerprint density at radius 2 is 2.36 bits per heavy atom. The first kappa shape index (κ1) is 9.01. The molecule has 0 saturated heterocycles. The zero-order chi connectivity index (χ0) is 9.97. The summed E-state index contributed by atoms with van der Waals surface area (Å²) in [4.78, 5) is 8.36. The highest BCUT2D eigenvalue weighted by molar-refractivity contribution is 7.98. The van der Waals surface area contributed by atoms with E-state index in [0.29, 0.717) is 11.6 Å². The van der Waals surface area contributed by atoms with Gasteiger partial charge in [-0.3, -0.25) is 0 Å². The van der Waals surface area contributed by atoms with Gasteiger partial charge in [0.05, 0.1) is 18.1 Å². The topological polar surface area (TPSA) is 69.6 Å². The summed E-state index contributed by atoms with van der Waals surface area (Å²) in [6.07, 6.45) is 6.91. The van der Waals surface area contributed by atoms with Gasteiger partial charge in [-0.25, -0.2) is 14.6 Å². The second-order valence-corrected chi connectivity index (χ2v) is 3.44. The van der Waals surface area contributed by atoms with Gasteiger partial charge in [-0.2, -0.15) is 5.10 Å². The first-order valence-corrected chi connectivity index (χ1v) is 5.19. The van der Waals surface area contributed by atoms with Crippen LogP contribution in [0.2, 0.25) is 0 Å². The van der Waals surface area contributed by atoms with E-state index in [9.17, 15) is 0 Å². The molecule has 0 bridgehead atoms. The Morgan fingerprint density at radius 3 is 3.00 bits per heavy atom. The fourth-order valence-corrected chi connectivity index (χ4v) is 1.37. The molecule has 0 unspecified atom stereocenters. The van der Waals surface area contributed by atoms with Crippen LogP contribution >= 0.6 is 11.8 Å². The van der Waals surface area contributed by atoms with E-state index >= 15 is 0 Å². The number of hydrogen-bond acceptors (Lipinski definition) is 5. The molecule has 0 aliphatic heterocycles. The number of rotatable bonds is 2. The molecule has 2 rings (SSSR count). The van der Waals surface area contributed by atoms with Crippen molar-refractivity contribution < 1.29 is 0 Å². The van der Waals surface area contributed by atoms with Crippen molar-refractivity contribution in [2.45, 2.75) is 5.03 Å². The van der Waals surface area contributed by atoms with Crippen LogP contribution in [-0.4, -0.2) is 26.0 Å². The highest BCUT2D eigenvalue weighted by Gasteiger charge is 2.02. The van der Waals surface area contributed by atoms with E-state index < -0.39 is 0 Å². The molecular weight excluding hydrogens is 198 g/mol. The molecule has 0 aromatic carbocycles. The highest BCUT2D eigenvalue weighted by atomic mass is 32.2. The van der Waals surface area contributed by atoms with Gasteiger partial charge in [0.1, 0.15) is 5.03 Å². The minimum absolute atomic E-state index is 0.536. The molecule has 2 heterocycles. The van der Waals surface area contributed by atoms with Gasteiger partial charge in [0.2, 0.25) is 0 Å². The number of hydrogen-bond donors (Lipinski definition) is 1. The Kier molecular flexibility index (Phi) is 2.36. The maximum Gasteiger partial charge on any atom is 0.251 e. The monoisotopic (exact) mass is 207 g/mol. The van der Waals surface area contributed by atoms with Crippen molar-refractivity contribution in [3.05, 3.63) is 24.7 Å². The Hall–Kier alpha value is -1.56. The van der Waals surface area contributed by atoms with Crippen LogP contribution in [-0.2, 0) is 0 Å². The van der Waals surface area contributed by atoms with Crippen LogP contribution in [0.15, 0.2) is 29.7 Å². The third-order valence-corrected chi connectivity index (χ3v) is 2.28. The maximum absolute atomic E-state index is 5.54. The third-order valence-electron chi connectivity index (χ3n) is 1.63. The summed E-state index contributed by atoms with van der Waals surface area (Å²) in [6, 6.07) is 1.85. The molecule has 5 nitrogen and oxygen atoms in total. The molecule has 0 saturated carbocycles. The summed E-state index contributed by atoms with van der Waals surface area (Å²) in [5.41, 5.74) is 6.14. The minimum Gasteiger partial charge on any atom is -0.396 e. The lowest BCUT2D eigenvalue weighted by molar-refractivity contribution is 0.790. The largest absolute Gasteiger partial charge is 0.396 e. The molecule has 0 aliphatic rings. The number of thioether (sulfide) groups is 1. The van der Waals surface area contributed by atoms with E-state index in [1.807, 2.05) is 12.3 Å². The van der Waals surface area contributed by atoms with Gasteiger partial charge < -0.3 is 5.73 Å². The van der Waals surface area contributed by atoms with Gasteiger partial charge >= 0.3 is 0 Å². The summed E-state index contributed by atoms with van der Waals surface area (Å²) in [7, 11) is 0. The molecular formula is C8H9N5S. The number of anilines is 1. The number of nitrogens with zero attached hydrogens (tertiary/aromatic N) is 4. The van der Waals surface area contributed by atoms with Crippen molar-refractivity contribution in [2.24, 2.45) is 0 Å². The van der Waals surface area contributed by atoms with Crippen LogP contribution in [0.1, 0.15) is 0 Å². The number of nitrogen functional groups attached to an aromatic ring is 1. The van der Waals surface area contributed by atoms with Crippen LogP contribution in [0, 0.1) is 0 Å². The predicted octanol–water partition coefficient (Wildman–Crippen LogP) is 0.966. The van der Waals surface area contributed by atoms with Crippen LogP contribution in [0.5, 0.6) is 0 Å². The lowest BCUT2D eigenvalue weighted by Gasteiger charge is -1.99. The quantitative estimate of drug-likeness (QED) is 0.587. The summed E-state index contributed by atoms with van der Waals surface area (Å²) in [5, 5.41) is 4.93. The number of aromatic nitrogens is 4. The van der Waals surface area contributed by atoms with Crippen LogP contribution in [0.25, 0.3) is 5.95 Å². The molecule has 2 N–H and O–H groups in total. The summed E-state index contributed by atoms with van der Waals surface area (Å²) in [6.45, 7) is 0.